The number of fused-ring (bicyclic) bond motifs is 5. The number of carbonyl (C=O) groups excluding carboxylic acids is 3. The maximum absolute atomic E-state index is 13.2. The third kappa shape index (κ3) is 3.30. The summed E-state index contributed by atoms with van der Waals surface area (Å²) in [5.74, 6) is -0.259. The lowest BCUT2D eigenvalue weighted by Crippen LogP contribution is -2.59. The van der Waals surface area contributed by atoms with E-state index in [0.29, 0.717) is 18.3 Å². The van der Waals surface area contributed by atoms with Gasteiger partial charge in [-0.15, -0.1) is 0 Å². The molecule has 5 nitrogen and oxygen atoms in total. The molecule has 0 unspecified atom stereocenters. The number of alkyl halides is 2. The SMILES string of the molecule is CCOC(=O)[C@@]1(OC(=O)C(Cl)Cl)CC[C@H]2[C@@H]3CCC4=CC(=O)C=C[C@]4(C)[C@H]3CC[C@@]21C. The molecule has 6 atom stereocenters. The van der Waals surface area contributed by atoms with E-state index in [0.717, 1.165) is 32.1 Å². The topological polar surface area (TPSA) is 69.7 Å². The maximum Gasteiger partial charge on any atom is 0.351 e. The predicted molar refractivity (Wildman–Crippen MR) is 118 cm³/mol. The Morgan fingerprint density at radius 1 is 1.16 bits per heavy atom. The fourth-order valence-corrected chi connectivity index (χ4v) is 7.29. The van der Waals surface area contributed by atoms with E-state index >= 15 is 0 Å². The molecule has 0 radical (unpaired) electrons. The summed E-state index contributed by atoms with van der Waals surface area (Å²) < 4.78 is 11.2. The first-order valence-corrected chi connectivity index (χ1v) is 12.1. The summed E-state index contributed by atoms with van der Waals surface area (Å²) in [6, 6.07) is 0. The second-order valence-electron chi connectivity index (χ2n) is 9.87. The first-order valence-electron chi connectivity index (χ1n) is 11.2. The minimum Gasteiger partial charge on any atom is -0.463 e. The number of halogens is 2. The standard InChI is InChI=1S/C24H30Cl2O5/c1-4-30-21(29)24(31-20(28)19(25)26)12-9-18-16-6-5-14-13-15(27)7-10-22(14,2)17(16)8-11-23(18,24)3/h7,10,13,16-19H,4-6,8-9,11-12H2,1-3H3/t16-,17+,18+,22+,23+,24+/m1/s1. The van der Waals surface area contributed by atoms with Crippen LogP contribution in [-0.4, -0.2) is 34.8 Å². The van der Waals surface area contributed by atoms with Crippen molar-refractivity contribution in [2.45, 2.75) is 69.7 Å². The van der Waals surface area contributed by atoms with Crippen LogP contribution in [0, 0.1) is 28.6 Å². The second kappa shape index (κ2) is 7.91. The first-order chi connectivity index (χ1) is 14.6. The molecule has 0 N–H and O–H groups in total. The number of carbonyl (C=O) groups is 3. The van der Waals surface area contributed by atoms with Crippen LogP contribution >= 0.6 is 23.2 Å². The molecule has 31 heavy (non-hydrogen) atoms. The van der Waals surface area contributed by atoms with Gasteiger partial charge < -0.3 is 9.47 Å². The van der Waals surface area contributed by atoms with Crippen LogP contribution in [0.1, 0.15) is 59.3 Å². The molecule has 0 bridgehead atoms. The quantitative estimate of drug-likeness (QED) is 0.431. The van der Waals surface area contributed by atoms with Crippen molar-refractivity contribution in [3.8, 4) is 0 Å². The third-order valence-electron chi connectivity index (χ3n) is 8.73. The summed E-state index contributed by atoms with van der Waals surface area (Å²) in [4.78, 5) is 36.3. The molecule has 0 heterocycles. The number of rotatable bonds is 4. The zero-order valence-electron chi connectivity index (χ0n) is 18.3. The molecule has 0 saturated heterocycles. The van der Waals surface area contributed by atoms with Gasteiger partial charge in [0.1, 0.15) is 0 Å². The summed E-state index contributed by atoms with van der Waals surface area (Å²) in [6.07, 6.45) is 10.2. The molecule has 0 aromatic heterocycles. The van der Waals surface area contributed by atoms with Crippen molar-refractivity contribution in [2.24, 2.45) is 28.6 Å². The van der Waals surface area contributed by atoms with E-state index < -0.39 is 27.8 Å². The van der Waals surface area contributed by atoms with Gasteiger partial charge in [0.15, 0.2) is 5.78 Å². The minimum atomic E-state index is -1.37. The number of esters is 2. The Morgan fingerprint density at radius 2 is 1.87 bits per heavy atom. The van der Waals surface area contributed by atoms with Gasteiger partial charge in [-0.2, -0.15) is 0 Å². The Bertz CT molecular complexity index is 864. The maximum atomic E-state index is 13.2. The molecule has 0 aromatic rings. The van der Waals surface area contributed by atoms with Gasteiger partial charge in [0, 0.05) is 10.8 Å². The van der Waals surface area contributed by atoms with Crippen LogP contribution in [0.3, 0.4) is 0 Å². The van der Waals surface area contributed by atoms with Gasteiger partial charge in [-0.3, -0.25) is 4.79 Å². The highest BCUT2D eigenvalue weighted by molar-refractivity contribution is 6.53. The number of ketones is 1. The van der Waals surface area contributed by atoms with E-state index in [4.69, 9.17) is 32.7 Å². The van der Waals surface area contributed by atoms with Gasteiger partial charge in [0.25, 0.3) is 0 Å². The smallest absolute Gasteiger partial charge is 0.351 e. The fraction of sp³-hybridized carbons (Fsp3) is 0.708. The van der Waals surface area contributed by atoms with E-state index in [1.165, 1.54) is 5.57 Å². The van der Waals surface area contributed by atoms with Crippen molar-refractivity contribution >= 4 is 40.9 Å². The van der Waals surface area contributed by atoms with Crippen LogP contribution in [0.4, 0.5) is 0 Å². The van der Waals surface area contributed by atoms with Crippen LogP contribution in [0.25, 0.3) is 0 Å². The van der Waals surface area contributed by atoms with Crippen LogP contribution in [0.5, 0.6) is 0 Å². The molecule has 0 aromatic carbocycles. The van der Waals surface area contributed by atoms with Crippen LogP contribution in [-0.2, 0) is 23.9 Å². The lowest BCUT2D eigenvalue weighted by molar-refractivity contribution is -0.203. The van der Waals surface area contributed by atoms with Gasteiger partial charge in [-0.05, 0) is 75.4 Å². The van der Waals surface area contributed by atoms with Crippen LogP contribution < -0.4 is 0 Å². The van der Waals surface area contributed by atoms with Crippen molar-refractivity contribution in [1.82, 2.24) is 0 Å². The molecule has 4 aliphatic rings. The number of ether oxygens (including phenoxy) is 2. The van der Waals surface area contributed by atoms with Crippen molar-refractivity contribution in [2.75, 3.05) is 6.61 Å². The molecular weight excluding hydrogens is 439 g/mol. The molecule has 3 saturated carbocycles. The largest absolute Gasteiger partial charge is 0.463 e. The zero-order chi connectivity index (χ0) is 22.6. The second-order valence-corrected chi connectivity index (χ2v) is 11.0. The van der Waals surface area contributed by atoms with Gasteiger partial charge in [0.05, 0.1) is 6.61 Å². The summed E-state index contributed by atoms with van der Waals surface area (Å²) in [7, 11) is 0. The van der Waals surface area contributed by atoms with E-state index in [9.17, 15) is 14.4 Å². The Kier molecular flexibility index (Phi) is 5.83. The molecule has 3 fully saturated rings. The van der Waals surface area contributed by atoms with Crippen molar-refractivity contribution in [3.63, 3.8) is 0 Å². The molecule has 4 aliphatic carbocycles. The summed E-state index contributed by atoms with van der Waals surface area (Å²) in [5.41, 5.74) is -0.836. The van der Waals surface area contributed by atoms with Gasteiger partial charge >= 0.3 is 11.9 Å². The predicted octanol–water partition coefficient (Wildman–Crippen LogP) is 4.94. The highest BCUT2D eigenvalue weighted by Crippen LogP contribution is 2.68. The summed E-state index contributed by atoms with van der Waals surface area (Å²) in [6.45, 7) is 6.26. The summed E-state index contributed by atoms with van der Waals surface area (Å²) in [5, 5.41) is 0. The fourth-order valence-electron chi connectivity index (χ4n) is 7.20. The minimum absolute atomic E-state index is 0.0670. The third-order valence-corrected chi connectivity index (χ3v) is 9.09. The molecule has 170 valence electrons. The average Bonchev–Trinajstić information content (AvgIpc) is 3.02. The first kappa shape index (κ1) is 22.8. The van der Waals surface area contributed by atoms with Crippen molar-refractivity contribution in [3.05, 3.63) is 23.8 Å². The average molecular weight is 469 g/mol. The monoisotopic (exact) mass is 468 g/mol. The molecule has 7 heteroatoms. The number of allylic oxidation sites excluding steroid dienone is 4. The Balaban J connectivity index is 1.70. The molecule has 0 spiro atoms. The Labute approximate surface area is 193 Å². The van der Waals surface area contributed by atoms with E-state index in [1.54, 1.807) is 13.0 Å². The van der Waals surface area contributed by atoms with E-state index in [2.05, 4.69) is 19.9 Å². The normalized spacial score (nSPS) is 41.2. The molecule has 4 rings (SSSR count). The lowest BCUT2D eigenvalue weighted by atomic mass is 9.47. The summed E-state index contributed by atoms with van der Waals surface area (Å²) >= 11 is 11.6. The molecule has 0 aliphatic heterocycles. The van der Waals surface area contributed by atoms with Gasteiger partial charge in [-0.1, -0.05) is 48.7 Å². The van der Waals surface area contributed by atoms with Gasteiger partial charge in [0.2, 0.25) is 10.4 Å². The number of hydrogen-bond acceptors (Lipinski definition) is 5. The van der Waals surface area contributed by atoms with Crippen molar-refractivity contribution in [1.29, 1.82) is 0 Å². The lowest BCUT2D eigenvalue weighted by Gasteiger charge is -2.58. The highest BCUT2D eigenvalue weighted by atomic mass is 35.5. The Morgan fingerprint density at radius 3 is 2.55 bits per heavy atom. The molecule has 0 amide bonds. The van der Waals surface area contributed by atoms with Crippen molar-refractivity contribution < 1.29 is 23.9 Å². The highest BCUT2D eigenvalue weighted by Gasteiger charge is 2.69. The molecular formula is C24H30Cl2O5. The van der Waals surface area contributed by atoms with Gasteiger partial charge in [-0.25, -0.2) is 9.59 Å². The number of hydrogen-bond donors (Lipinski definition) is 0. The zero-order valence-corrected chi connectivity index (χ0v) is 19.8. The van der Waals surface area contributed by atoms with E-state index in [1.807, 2.05) is 6.08 Å². The van der Waals surface area contributed by atoms with Crippen LogP contribution in [0.2, 0.25) is 0 Å². The van der Waals surface area contributed by atoms with Crippen LogP contribution in [0.15, 0.2) is 23.8 Å². The van der Waals surface area contributed by atoms with E-state index in [-0.39, 0.29) is 23.7 Å². The Hall–Kier alpha value is -1.33.